The summed E-state index contributed by atoms with van der Waals surface area (Å²) in [5.41, 5.74) is 1.31. The molecule has 2 aliphatic rings. The zero-order valence-corrected chi connectivity index (χ0v) is 18.6. The zero-order valence-electron chi connectivity index (χ0n) is 17.8. The van der Waals surface area contributed by atoms with Crippen LogP contribution >= 0.6 is 0 Å². The van der Waals surface area contributed by atoms with Gasteiger partial charge in [-0.05, 0) is 71.4 Å². The highest BCUT2D eigenvalue weighted by Gasteiger charge is 2.50. The summed E-state index contributed by atoms with van der Waals surface area (Å²) in [6.07, 6.45) is 9.16. The molecule has 1 aliphatic carbocycles. The molecule has 1 unspecified atom stereocenters. The van der Waals surface area contributed by atoms with E-state index in [0.29, 0.717) is 23.5 Å². The average Bonchev–Trinajstić information content (AvgIpc) is 3.14. The van der Waals surface area contributed by atoms with Crippen LogP contribution in [0.4, 0.5) is 0 Å². The van der Waals surface area contributed by atoms with Gasteiger partial charge < -0.3 is 4.74 Å². The molecule has 1 spiro atoms. The SMILES string of the molecule is CCOC(=O)/C(C)=C/CC1CCCC2(CCCC2)N1S(=O)(=O)c1ccc(C)cc1. The molecule has 1 aromatic rings. The van der Waals surface area contributed by atoms with Gasteiger partial charge >= 0.3 is 5.97 Å². The van der Waals surface area contributed by atoms with E-state index in [-0.39, 0.29) is 17.6 Å². The van der Waals surface area contributed by atoms with Gasteiger partial charge in [-0.2, -0.15) is 4.31 Å². The number of carbonyl (C=O) groups is 1. The second-order valence-corrected chi connectivity index (χ2v) is 10.2. The van der Waals surface area contributed by atoms with Crippen LogP contribution in [-0.2, 0) is 19.6 Å². The van der Waals surface area contributed by atoms with Crippen LogP contribution in [0, 0.1) is 6.92 Å². The van der Waals surface area contributed by atoms with Crippen LogP contribution in [0.15, 0.2) is 40.8 Å². The first-order valence-electron chi connectivity index (χ1n) is 10.8. The molecule has 3 rings (SSSR count). The highest BCUT2D eigenvalue weighted by molar-refractivity contribution is 7.89. The van der Waals surface area contributed by atoms with Crippen LogP contribution in [0.5, 0.6) is 0 Å². The van der Waals surface area contributed by atoms with Gasteiger partial charge in [0.25, 0.3) is 0 Å². The van der Waals surface area contributed by atoms with Gasteiger partial charge in [-0.1, -0.05) is 36.6 Å². The molecule has 5 nitrogen and oxygen atoms in total. The predicted molar refractivity (Wildman–Crippen MR) is 114 cm³/mol. The number of nitrogens with zero attached hydrogens (tertiary/aromatic N) is 1. The summed E-state index contributed by atoms with van der Waals surface area (Å²) in [4.78, 5) is 12.3. The minimum Gasteiger partial charge on any atom is -0.463 e. The molecule has 1 atom stereocenters. The third-order valence-corrected chi connectivity index (χ3v) is 8.46. The molecule has 2 fully saturated rings. The number of rotatable bonds is 6. The third-order valence-electron chi connectivity index (χ3n) is 6.38. The summed E-state index contributed by atoms with van der Waals surface area (Å²) in [5.74, 6) is -0.327. The van der Waals surface area contributed by atoms with Crippen molar-refractivity contribution < 1.29 is 17.9 Å². The van der Waals surface area contributed by atoms with Crippen LogP contribution < -0.4 is 0 Å². The molecular formula is C23H33NO4S. The highest BCUT2D eigenvalue weighted by atomic mass is 32.2. The molecule has 1 saturated carbocycles. The summed E-state index contributed by atoms with van der Waals surface area (Å²) >= 11 is 0. The van der Waals surface area contributed by atoms with Crippen molar-refractivity contribution in [2.45, 2.75) is 88.6 Å². The maximum Gasteiger partial charge on any atom is 0.333 e. The molecule has 1 heterocycles. The van der Waals surface area contributed by atoms with Crippen molar-refractivity contribution in [3.05, 3.63) is 41.5 Å². The Bertz CT molecular complexity index is 851. The van der Waals surface area contributed by atoms with E-state index >= 15 is 0 Å². The monoisotopic (exact) mass is 419 g/mol. The molecule has 1 aliphatic heterocycles. The highest BCUT2D eigenvalue weighted by Crippen LogP contribution is 2.47. The Morgan fingerprint density at radius 3 is 2.41 bits per heavy atom. The largest absolute Gasteiger partial charge is 0.463 e. The summed E-state index contributed by atoms with van der Waals surface area (Å²) < 4.78 is 34.4. The van der Waals surface area contributed by atoms with E-state index in [1.165, 1.54) is 0 Å². The normalized spacial score (nSPS) is 22.7. The van der Waals surface area contributed by atoms with Crippen LogP contribution in [0.1, 0.15) is 70.8 Å². The Morgan fingerprint density at radius 1 is 1.17 bits per heavy atom. The van der Waals surface area contributed by atoms with Crippen molar-refractivity contribution in [3.8, 4) is 0 Å². The van der Waals surface area contributed by atoms with Gasteiger partial charge in [-0.25, -0.2) is 13.2 Å². The number of hydrogen-bond donors (Lipinski definition) is 0. The second kappa shape index (κ2) is 9.00. The van der Waals surface area contributed by atoms with E-state index in [0.717, 1.165) is 50.5 Å². The minimum atomic E-state index is -3.61. The van der Waals surface area contributed by atoms with Crippen molar-refractivity contribution in [2.75, 3.05) is 6.61 Å². The first kappa shape index (κ1) is 22.0. The fourth-order valence-electron chi connectivity index (χ4n) is 4.91. The Labute approximate surface area is 175 Å². The fourth-order valence-corrected chi connectivity index (χ4v) is 6.99. The average molecular weight is 420 g/mol. The molecule has 0 aromatic heterocycles. The van der Waals surface area contributed by atoms with E-state index in [1.807, 2.05) is 29.4 Å². The van der Waals surface area contributed by atoms with Crippen molar-refractivity contribution in [2.24, 2.45) is 0 Å². The first-order valence-corrected chi connectivity index (χ1v) is 12.2. The van der Waals surface area contributed by atoms with Gasteiger partial charge in [0, 0.05) is 17.2 Å². The lowest BCUT2D eigenvalue weighted by Gasteiger charge is -2.48. The number of carbonyl (C=O) groups excluding carboxylic acids is 1. The lowest BCUT2D eigenvalue weighted by atomic mass is 9.83. The van der Waals surface area contributed by atoms with Gasteiger partial charge in [-0.3, -0.25) is 0 Å². The molecule has 6 heteroatoms. The van der Waals surface area contributed by atoms with E-state index < -0.39 is 10.0 Å². The van der Waals surface area contributed by atoms with E-state index in [2.05, 4.69) is 0 Å². The topological polar surface area (TPSA) is 63.7 Å². The lowest BCUT2D eigenvalue weighted by Crippen LogP contribution is -2.57. The molecular weight excluding hydrogens is 386 g/mol. The van der Waals surface area contributed by atoms with Crippen LogP contribution in [-0.4, -0.2) is 36.9 Å². The molecule has 29 heavy (non-hydrogen) atoms. The van der Waals surface area contributed by atoms with Gasteiger partial charge in [0.2, 0.25) is 10.0 Å². The number of aryl methyl sites for hydroxylation is 1. The molecule has 1 aromatic carbocycles. The van der Waals surface area contributed by atoms with Crippen molar-refractivity contribution in [1.29, 1.82) is 0 Å². The molecule has 160 valence electrons. The summed E-state index contributed by atoms with van der Waals surface area (Å²) in [7, 11) is -3.61. The Balaban J connectivity index is 1.95. The number of ether oxygens (including phenoxy) is 1. The number of sulfonamides is 1. The van der Waals surface area contributed by atoms with Gasteiger partial charge in [0.05, 0.1) is 11.5 Å². The van der Waals surface area contributed by atoms with Crippen molar-refractivity contribution in [1.82, 2.24) is 4.31 Å². The van der Waals surface area contributed by atoms with E-state index in [4.69, 9.17) is 4.74 Å². The summed E-state index contributed by atoms with van der Waals surface area (Å²) in [5, 5.41) is 0. The maximum absolute atomic E-state index is 13.8. The standard InChI is InChI=1S/C23H33NO4S/c1-4-28-22(25)19(3)11-12-20-8-7-17-23(15-5-6-16-23)24(20)29(26,27)21-13-9-18(2)10-14-21/h9-11,13-14,20H,4-8,12,15-17H2,1-3H3/b19-11+. The van der Waals surface area contributed by atoms with Crippen LogP contribution in [0.25, 0.3) is 0 Å². The second-order valence-electron chi connectivity index (χ2n) is 8.43. The van der Waals surface area contributed by atoms with Crippen molar-refractivity contribution >= 4 is 16.0 Å². The van der Waals surface area contributed by atoms with Gasteiger partial charge in [-0.15, -0.1) is 0 Å². The molecule has 0 amide bonds. The van der Waals surface area contributed by atoms with Crippen LogP contribution in [0.2, 0.25) is 0 Å². The molecule has 0 N–H and O–H groups in total. The van der Waals surface area contributed by atoms with Gasteiger partial charge in [0.1, 0.15) is 0 Å². The minimum absolute atomic E-state index is 0.127. The Morgan fingerprint density at radius 2 is 1.79 bits per heavy atom. The number of benzene rings is 1. The zero-order chi connectivity index (χ0) is 21.1. The smallest absolute Gasteiger partial charge is 0.333 e. The van der Waals surface area contributed by atoms with Crippen molar-refractivity contribution in [3.63, 3.8) is 0 Å². The van der Waals surface area contributed by atoms with E-state index in [9.17, 15) is 13.2 Å². The third kappa shape index (κ3) is 4.58. The van der Waals surface area contributed by atoms with Gasteiger partial charge in [0.15, 0.2) is 0 Å². The number of hydrogen-bond acceptors (Lipinski definition) is 4. The molecule has 0 radical (unpaired) electrons. The number of piperidine rings is 1. The summed E-state index contributed by atoms with van der Waals surface area (Å²) in [6.45, 7) is 5.82. The maximum atomic E-state index is 13.8. The molecule has 0 bridgehead atoms. The van der Waals surface area contributed by atoms with E-state index in [1.54, 1.807) is 26.0 Å². The van der Waals surface area contributed by atoms with Crippen LogP contribution in [0.3, 0.4) is 0 Å². The predicted octanol–water partition coefficient (Wildman–Crippen LogP) is 4.75. The summed E-state index contributed by atoms with van der Waals surface area (Å²) in [6, 6.07) is 7.03. The number of esters is 1. The lowest BCUT2D eigenvalue weighted by molar-refractivity contribution is -0.138. The quantitative estimate of drug-likeness (QED) is 0.493. The Kier molecular flexibility index (Phi) is 6.84. The first-order chi connectivity index (χ1) is 13.8. The fraction of sp³-hybridized carbons (Fsp3) is 0.609. The molecule has 1 saturated heterocycles. The Hall–Kier alpha value is -1.66.